The van der Waals surface area contributed by atoms with E-state index in [1.807, 2.05) is 78.9 Å². The van der Waals surface area contributed by atoms with Gasteiger partial charge in [0.1, 0.15) is 12.6 Å². The second kappa shape index (κ2) is 12.7. The highest BCUT2D eigenvalue weighted by atomic mass is 19.1. The second-order valence-electron chi connectivity index (χ2n) is 10.2. The molecule has 1 aliphatic carbocycles. The minimum Gasteiger partial charge on any atom is -0.480 e. The highest BCUT2D eigenvalue weighted by molar-refractivity contribution is 5.98. The zero-order valence-corrected chi connectivity index (χ0v) is 22.9. The maximum atomic E-state index is 15.3. The Morgan fingerprint density at radius 1 is 0.881 bits per heavy atom. The summed E-state index contributed by atoms with van der Waals surface area (Å²) in [7, 11) is 1.73. The van der Waals surface area contributed by atoms with E-state index in [0.29, 0.717) is 6.54 Å². The van der Waals surface area contributed by atoms with Crippen LogP contribution in [0, 0.1) is 5.82 Å². The molecule has 4 aromatic rings. The van der Waals surface area contributed by atoms with Crippen LogP contribution in [0.3, 0.4) is 0 Å². The number of carbonyl (C=O) groups excluding carboxylic acids is 2. The first-order chi connectivity index (χ1) is 20.3. The summed E-state index contributed by atoms with van der Waals surface area (Å²) in [5.41, 5.74) is 4.57. The van der Waals surface area contributed by atoms with Gasteiger partial charge in [-0.25, -0.2) is 14.0 Å². The molecule has 8 nitrogen and oxygen atoms in total. The molecule has 5 rings (SSSR count). The molecule has 0 spiro atoms. The largest absolute Gasteiger partial charge is 0.480 e. The van der Waals surface area contributed by atoms with Crippen molar-refractivity contribution in [3.8, 4) is 11.1 Å². The average Bonchev–Trinajstić information content (AvgIpc) is 3.30. The van der Waals surface area contributed by atoms with E-state index in [2.05, 4.69) is 10.6 Å². The van der Waals surface area contributed by atoms with Crippen LogP contribution in [0.1, 0.15) is 33.0 Å². The van der Waals surface area contributed by atoms with Crippen molar-refractivity contribution >= 4 is 23.7 Å². The number of carbonyl (C=O) groups is 3. The third kappa shape index (κ3) is 6.31. The zero-order chi connectivity index (χ0) is 29.6. The van der Waals surface area contributed by atoms with Crippen molar-refractivity contribution in [2.24, 2.45) is 0 Å². The molecule has 0 saturated heterocycles. The lowest BCUT2D eigenvalue weighted by Gasteiger charge is -2.22. The summed E-state index contributed by atoms with van der Waals surface area (Å²) in [6.07, 6.45) is -0.876. The summed E-state index contributed by atoms with van der Waals surface area (Å²) in [6, 6.07) is 27.9. The Labute approximate surface area is 242 Å². The number of carboxylic acids is 1. The lowest BCUT2D eigenvalue weighted by molar-refractivity contribution is -0.139. The van der Waals surface area contributed by atoms with E-state index in [-0.39, 0.29) is 24.8 Å². The minimum absolute atomic E-state index is 0.00469. The molecule has 0 radical (unpaired) electrons. The Kier molecular flexibility index (Phi) is 8.59. The van der Waals surface area contributed by atoms with Gasteiger partial charge in [-0.2, -0.15) is 0 Å². The summed E-state index contributed by atoms with van der Waals surface area (Å²) in [6.45, 7) is 0.502. The van der Waals surface area contributed by atoms with Crippen LogP contribution in [0.5, 0.6) is 0 Å². The predicted molar refractivity (Wildman–Crippen MR) is 157 cm³/mol. The normalized spacial score (nSPS) is 12.7. The number of hydrogen-bond acceptors (Lipinski definition) is 5. The number of nitrogens with one attached hydrogen (secondary N) is 2. The number of rotatable bonds is 10. The van der Waals surface area contributed by atoms with Crippen molar-refractivity contribution < 1.29 is 28.6 Å². The van der Waals surface area contributed by atoms with Gasteiger partial charge < -0.3 is 15.2 Å². The Hall–Kier alpha value is -5.02. The quantitative estimate of drug-likeness (QED) is 0.234. The minimum atomic E-state index is -1.29. The molecule has 3 N–H and O–H groups in total. The Bertz CT molecular complexity index is 1570. The molecule has 4 aromatic carbocycles. The molecule has 1 aliphatic rings. The highest BCUT2D eigenvalue weighted by Gasteiger charge is 2.29. The standard InChI is InChI=1S/C33H30FN3O5/c1-37(18-21-10-3-2-4-11-21)19-29(32(39)40)35-31(38)26-16-9-17-28(30(26)34)36-33(41)42-20-27-24-14-7-5-12-22(24)23-13-6-8-15-25(23)27/h2-17,27,29H,18-20H2,1H3,(H,35,38)(H,36,41)(H,39,40). The first-order valence-corrected chi connectivity index (χ1v) is 13.5. The molecule has 9 heteroatoms. The number of hydrogen-bond donors (Lipinski definition) is 3. The molecule has 1 unspecified atom stereocenters. The van der Waals surface area contributed by atoms with Crippen molar-refractivity contribution in [3.63, 3.8) is 0 Å². The van der Waals surface area contributed by atoms with Crippen molar-refractivity contribution in [3.05, 3.63) is 125 Å². The van der Waals surface area contributed by atoms with Gasteiger partial charge in [-0.3, -0.25) is 15.0 Å². The summed E-state index contributed by atoms with van der Waals surface area (Å²) in [4.78, 5) is 39.2. The fourth-order valence-electron chi connectivity index (χ4n) is 5.24. The smallest absolute Gasteiger partial charge is 0.411 e. The molecular weight excluding hydrogens is 537 g/mol. The van der Waals surface area contributed by atoms with Gasteiger partial charge in [0.25, 0.3) is 5.91 Å². The van der Waals surface area contributed by atoms with Gasteiger partial charge >= 0.3 is 12.1 Å². The summed E-state index contributed by atoms with van der Waals surface area (Å²) >= 11 is 0. The number of anilines is 1. The summed E-state index contributed by atoms with van der Waals surface area (Å²) < 4.78 is 20.8. The van der Waals surface area contributed by atoms with Crippen molar-refractivity contribution in [2.75, 3.05) is 25.5 Å². The van der Waals surface area contributed by atoms with Gasteiger partial charge in [-0.15, -0.1) is 0 Å². The molecule has 0 aromatic heterocycles. The molecular formula is C33H30FN3O5. The third-order valence-corrected chi connectivity index (χ3v) is 7.22. The number of halogens is 1. The van der Waals surface area contributed by atoms with Gasteiger partial charge in [0, 0.05) is 19.0 Å². The maximum Gasteiger partial charge on any atom is 0.411 e. The van der Waals surface area contributed by atoms with Crippen LogP contribution >= 0.6 is 0 Å². The second-order valence-corrected chi connectivity index (χ2v) is 10.2. The first kappa shape index (κ1) is 28.5. The molecule has 42 heavy (non-hydrogen) atoms. The van der Waals surface area contributed by atoms with Crippen LogP contribution in [-0.2, 0) is 16.1 Å². The molecule has 214 valence electrons. The van der Waals surface area contributed by atoms with Gasteiger partial charge in [0.2, 0.25) is 0 Å². The number of nitrogens with zero attached hydrogens (tertiary/aromatic N) is 1. The number of carboxylic acid groups (broad SMARTS) is 1. The number of ether oxygens (including phenoxy) is 1. The van der Waals surface area contributed by atoms with Crippen LogP contribution in [0.15, 0.2) is 97.1 Å². The average molecular weight is 568 g/mol. The van der Waals surface area contributed by atoms with Gasteiger partial charge in [-0.05, 0) is 47.0 Å². The van der Waals surface area contributed by atoms with E-state index in [9.17, 15) is 19.5 Å². The van der Waals surface area contributed by atoms with E-state index in [4.69, 9.17) is 4.74 Å². The van der Waals surface area contributed by atoms with E-state index < -0.39 is 35.4 Å². The molecule has 1 atom stereocenters. The van der Waals surface area contributed by atoms with E-state index >= 15 is 4.39 Å². The van der Waals surface area contributed by atoms with Crippen molar-refractivity contribution in [1.29, 1.82) is 0 Å². The van der Waals surface area contributed by atoms with Gasteiger partial charge in [-0.1, -0.05) is 84.9 Å². The number of benzene rings is 4. The molecule has 0 saturated carbocycles. The van der Waals surface area contributed by atoms with Crippen molar-refractivity contribution in [2.45, 2.75) is 18.5 Å². The fourth-order valence-corrected chi connectivity index (χ4v) is 5.24. The van der Waals surface area contributed by atoms with Crippen LogP contribution in [0.4, 0.5) is 14.9 Å². The van der Waals surface area contributed by atoms with Gasteiger partial charge in [0.15, 0.2) is 5.82 Å². The number of amides is 2. The van der Waals surface area contributed by atoms with Crippen LogP contribution in [0.25, 0.3) is 11.1 Å². The fraction of sp³-hybridized carbons (Fsp3) is 0.182. The third-order valence-electron chi connectivity index (χ3n) is 7.22. The van der Waals surface area contributed by atoms with Crippen LogP contribution in [-0.4, -0.2) is 54.2 Å². The Morgan fingerprint density at radius 3 is 2.14 bits per heavy atom. The van der Waals surface area contributed by atoms with Crippen LogP contribution < -0.4 is 10.6 Å². The Balaban J connectivity index is 1.21. The Morgan fingerprint density at radius 2 is 1.50 bits per heavy atom. The van der Waals surface area contributed by atoms with E-state index in [1.54, 1.807) is 11.9 Å². The first-order valence-electron chi connectivity index (χ1n) is 13.5. The highest BCUT2D eigenvalue weighted by Crippen LogP contribution is 2.44. The topological polar surface area (TPSA) is 108 Å². The molecule has 0 heterocycles. The monoisotopic (exact) mass is 567 g/mol. The summed E-state index contributed by atoms with van der Waals surface area (Å²) in [5, 5.41) is 14.4. The van der Waals surface area contributed by atoms with E-state index in [0.717, 1.165) is 27.8 Å². The molecule has 0 aliphatic heterocycles. The van der Waals surface area contributed by atoms with Crippen LogP contribution in [0.2, 0.25) is 0 Å². The van der Waals surface area contributed by atoms with E-state index in [1.165, 1.54) is 18.2 Å². The number of aliphatic carboxylic acids is 1. The molecule has 2 amide bonds. The maximum absolute atomic E-state index is 15.3. The van der Waals surface area contributed by atoms with Gasteiger partial charge in [0.05, 0.1) is 11.3 Å². The number of likely N-dealkylation sites (N-methyl/N-ethyl adjacent to an activating group) is 1. The molecule has 0 fully saturated rings. The lowest BCUT2D eigenvalue weighted by atomic mass is 9.98. The predicted octanol–water partition coefficient (Wildman–Crippen LogP) is 5.50. The van der Waals surface area contributed by atoms with Crippen molar-refractivity contribution in [1.82, 2.24) is 10.2 Å². The molecule has 0 bridgehead atoms. The zero-order valence-electron chi connectivity index (χ0n) is 22.9. The SMILES string of the molecule is CN(Cc1ccccc1)CC(NC(=O)c1cccc(NC(=O)OCC2c3ccccc3-c3ccccc32)c1F)C(=O)O. The lowest BCUT2D eigenvalue weighted by Crippen LogP contribution is -2.47. The summed E-state index contributed by atoms with van der Waals surface area (Å²) in [5.74, 6) is -3.33. The number of fused-ring (bicyclic) bond motifs is 3.